The van der Waals surface area contributed by atoms with E-state index in [1.165, 1.54) is 6.92 Å². The molecule has 0 N–H and O–H groups in total. The highest BCUT2D eigenvalue weighted by molar-refractivity contribution is 6.40. The van der Waals surface area contributed by atoms with Crippen molar-refractivity contribution in [3.63, 3.8) is 0 Å². The molecule has 30 heavy (non-hydrogen) atoms. The van der Waals surface area contributed by atoms with Gasteiger partial charge in [0, 0.05) is 12.8 Å². The minimum absolute atomic E-state index is 0.0554. The Kier molecular flexibility index (Phi) is 5.53. The van der Waals surface area contributed by atoms with Gasteiger partial charge in [-0.05, 0) is 39.6 Å². The highest BCUT2D eigenvalue weighted by Gasteiger charge is 2.30. The van der Waals surface area contributed by atoms with Crippen molar-refractivity contribution in [1.29, 1.82) is 0 Å². The normalized spacial score (nSPS) is 11.1. The van der Waals surface area contributed by atoms with Gasteiger partial charge in [0.2, 0.25) is 5.78 Å². The van der Waals surface area contributed by atoms with Crippen LogP contribution in [0.3, 0.4) is 0 Å². The van der Waals surface area contributed by atoms with Crippen molar-refractivity contribution in [2.24, 2.45) is 0 Å². The Morgan fingerprint density at radius 3 is 1.60 bits per heavy atom. The van der Waals surface area contributed by atoms with Gasteiger partial charge in [-0.15, -0.1) is 0 Å². The highest BCUT2D eigenvalue weighted by Crippen LogP contribution is 2.35. The van der Waals surface area contributed by atoms with E-state index in [1.54, 1.807) is 0 Å². The van der Waals surface area contributed by atoms with Crippen molar-refractivity contribution >= 4 is 38.9 Å². The van der Waals surface area contributed by atoms with Crippen LogP contribution in [-0.2, 0) is 14.4 Å². The number of carbonyl (C=O) groups excluding carboxylic acids is 3. The molecule has 4 rings (SSSR count). The van der Waals surface area contributed by atoms with Gasteiger partial charge in [-0.2, -0.15) is 0 Å². The molecule has 0 aliphatic rings. The van der Waals surface area contributed by atoms with Crippen LogP contribution in [0.1, 0.15) is 36.8 Å². The lowest BCUT2D eigenvalue weighted by molar-refractivity contribution is -0.137. The van der Waals surface area contributed by atoms with Gasteiger partial charge in [0.05, 0.1) is 5.92 Å². The van der Waals surface area contributed by atoms with E-state index in [9.17, 15) is 14.4 Å². The van der Waals surface area contributed by atoms with Crippen LogP contribution in [0.25, 0.3) is 21.5 Å². The van der Waals surface area contributed by atoms with Gasteiger partial charge in [0.25, 0.3) is 0 Å². The van der Waals surface area contributed by atoms with E-state index in [0.29, 0.717) is 0 Å². The maximum absolute atomic E-state index is 13.5. The summed E-state index contributed by atoms with van der Waals surface area (Å²) in [6.07, 6.45) is 0.0303. The first kappa shape index (κ1) is 19.7. The maximum Gasteiger partial charge on any atom is 0.210 e. The lowest BCUT2D eigenvalue weighted by Gasteiger charge is -2.20. The second-order valence-electron chi connectivity index (χ2n) is 7.56. The summed E-state index contributed by atoms with van der Waals surface area (Å²) in [6.45, 7) is 1.44. The smallest absolute Gasteiger partial charge is 0.210 e. The summed E-state index contributed by atoms with van der Waals surface area (Å²) in [6, 6.07) is 27.4. The molecule has 0 unspecified atom stereocenters. The number of hydrogen-bond acceptors (Lipinski definition) is 3. The molecule has 3 heteroatoms. The Labute approximate surface area is 175 Å². The quantitative estimate of drug-likeness (QED) is 0.382. The van der Waals surface area contributed by atoms with Crippen LogP contribution in [0.5, 0.6) is 0 Å². The molecule has 0 amide bonds. The van der Waals surface area contributed by atoms with Crippen molar-refractivity contribution in [3.8, 4) is 0 Å². The average Bonchev–Trinajstić information content (AvgIpc) is 2.78. The third-order valence-electron chi connectivity index (χ3n) is 5.51. The molecule has 0 atom stereocenters. The van der Waals surface area contributed by atoms with Gasteiger partial charge in [-0.25, -0.2) is 0 Å². The lowest BCUT2D eigenvalue weighted by Crippen LogP contribution is -2.24. The Morgan fingerprint density at radius 1 is 0.633 bits per heavy atom. The zero-order valence-corrected chi connectivity index (χ0v) is 16.8. The summed E-state index contributed by atoms with van der Waals surface area (Å²) in [5.41, 5.74) is 1.62. The van der Waals surface area contributed by atoms with Crippen LogP contribution in [0.2, 0.25) is 0 Å². The van der Waals surface area contributed by atoms with Gasteiger partial charge < -0.3 is 4.79 Å². The fourth-order valence-corrected chi connectivity index (χ4v) is 4.03. The minimum atomic E-state index is -0.721. The van der Waals surface area contributed by atoms with Crippen LogP contribution in [0.15, 0.2) is 84.9 Å². The standard InChI is InChI=1S/C27H22O3/c1-18(28)16-17-25(29)27(30)26(23-14-6-10-19-8-2-4-12-21(19)23)24-15-7-11-20-9-3-5-13-22(20)24/h2-15,26H,16-17H2,1H3. The fourth-order valence-electron chi connectivity index (χ4n) is 4.03. The maximum atomic E-state index is 13.5. The summed E-state index contributed by atoms with van der Waals surface area (Å²) in [5, 5.41) is 3.93. The van der Waals surface area contributed by atoms with Crippen LogP contribution in [0.4, 0.5) is 0 Å². The van der Waals surface area contributed by atoms with Gasteiger partial charge >= 0.3 is 0 Å². The SMILES string of the molecule is CC(=O)CCC(=O)C(=O)C(c1cccc2ccccc12)c1cccc2ccccc12. The Bertz CT molecular complexity index is 1180. The molecule has 0 fully saturated rings. The average molecular weight is 394 g/mol. The first-order valence-corrected chi connectivity index (χ1v) is 10.1. The van der Waals surface area contributed by atoms with E-state index in [4.69, 9.17) is 0 Å². The zero-order chi connectivity index (χ0) is 21.1. The first-order chi connectivity index (χ1) is 14.6. The van der Waals surface area contributed by atoms with Crippen LogP contribution >= 0.6 is 0 Å². The molecule has 0 saturated carbocycles. The summed E-state index contributed by atoms with van der Waals surface area (Å²) in [4.78, 5) is 37.7. The molecule has 0 spiro atoms. The van der Waals surface area contributed by atoms with Crippen molar-refractivity contribution in [1.82, 2.24) is 0 Å². The number of hydrogen-bond donors (Lipinski definition) is 0. The molecule has 3 nitrogen and oxygen atoms in total. The largest absolute Gasteiger partial charge is 0.300 e. The van der Waals surface area contributed by atoms with Crippen molar-refractivity contribution < 1.29 is 14.4 Å². The number of ketones is 3. The number of benzene rings is 4. The number of Topliss-reactive ketones (excluding diaryl/α,β-unsaturated/α-hetero) is 3. The predicted octanol–water partition coefficient (Wildman–Crippen LogP) is 5.63. The lowest BCUT2D eigenvalue weighted by atomic mass is 9.81. The summed E-state index contributed by atoms with van der Waals surface area (Å²) in [7, 11) is 0. The van der Waals surface area contributed by atoms with Gasteiger partial charge in [0.15, 0.2) is 5.78 Å². The van der Waals surface area contributed by atoms with Crippen LogP contribution in [-0.4, -0.2) is 17.3 Å². The number of rotatable bonds is 7. The number of carbonyl (C=O) groups is 3. The molecule has 0 heterocycles. The molecule has 4 aromatic rings. The molecule has 0 saturated heterocycles. The molecular weight excluding hydrogens is 372 g/mol. The Morgan fingerprint density at radius 2 is 1.10 bits per heavy atom. The summed E-state index contributed by atoms with van der Waals surface area (Å²) < 4.78 is 0. The van der Waals surface area contributed by atoms with Crippen LogP contribution < -0.4 is 0 Å². The zero-order valence-electron chi connectivity index (χ0n) is 16.8. The van der Waals surface area contributed by atoms with E-state index in [2.05, 4.69) is 0 Å². The topological polar surface area (TPSA) is 51.2 Å². The molecule has 148 valence electrons. The third kappa shape index (κ3) is 3.79. The second kappa shape index (κ2) is 8.42. The highest BCUT2D eigenvalue weighted by atomic mass is 16.2. The minimum Gasteiger partial charge on any atom is -0.300 e. The third-order valence-corrected chi connectivity index (χ3v) is 5.51. The molecule has 4 aromatic carbocycles. The van der Waals surface area contributed by atoms with E-state index in [1.807, 2.05) is 84.9 Å². The summed E-state index contributed by atoms with van der Waals surface area (Å²) >= 11 is 0. The van der Waals surface area contributed by atoms with Gasteiger partial charge in [-0.3, -0.25) is 9.59 Å². The fraction of sp³-hybridized carbons (Fsp3) is 0.148. The second-order valence-corrected chi connectivity index (χ2v) is 7.56. The molecule has 0 aliphatic heterocycles. The van der Waals surface area contributed by atoms with E-state index in [-0.39, 0.29) is 18.6 Å². The van der Waals surface area contributed by atoms with Gasteiger partial charge in [0.1, 0.15) is 5.78 Å². The number of fused-ring (bicyclic) bond motifs is 2. The monoisotopic (exact) mass is 394 g/mol. The van der Waals surface area contributed by atoms with E-state index >= 15 is 0 Å². The predicted molar refractivity (Wildman–Crippen MR) is 120 cm³/mol. The van der Waals surface area contributed by atoms with Gasteiger partial charge in [-0.1, -0.05) is 84.9 Å². The van der Waals surface area contributed by atoms with Crippen LogP contribution in [0, 0.1) is 0 Å². The molecule has 0 aliphatic carbocycles. The molecule has 0 aromatic heterocycles. The summed E-state index contributed by atoms with van der Waals surface area (Å²) in [5.74, 6) is -1.79. The Balaban J connectivity index is 1.92. The molecular formula is C27H22O3. The molecule has 0 radical (unpaired) electrons. The molecule has 0 bridgehead atoms. The van der Waals surface area contributed by atoms with E-state index in [0.717, 1.165) is 32.7 Å². The van der Waals surface area contributed by atoms with Crippen molar-refractivity contribution in [2.75, 3.05) is 0 Å². The van der Waals surface area contributed by atoms with E-state index < -0.39 is 17.5 Å². The van der Waals surface area contributed by atoms with Crippen molar-refractivity contribution in [3.05, 3.63) is 96.1 Å². The first-order valence-electron chi connectivity index (χ1n) is 10.1. The Hall–Kier alpha value is -3.59. The van der Waals surface area contributed by atoms with Crippen molar-refractivity contribution in [2.45, 2.75) is 25.7 Å².